The largest absolute Gasteiger partial charge is 0.472 e. The summed E-state index contributed by atoms with van der Waals surface area (Å²) in [4.78, 5) is 0. The van der Waals surface area contributed by atoms with E-state index in [0.717, 1.165) is 6.26 Å². The highest BCUT2D eigenvalue weighted by atomic mass is 16.8. The van der Waals surface area contributed by atoms with Gasteiger partial charge in [-0.1, -0.05) is 0 Å². The van der Waals surface area contributed by atoms with Crippen LogP contribution in [0, 0.1) is 5.92 Å². The van der Waals surface area contributed by atoms with Crippen molar-refractivity contribution in [3.8, 4) is 0 Å². The van der Waals surface area contributed by atoms with E-state index < -0.39 is 66.8 Å². The third kappa shape index (κ3) is 2.97. The molecule has 1 saturated carbocycles. The molecule has 3 rings (SSSR count). The minimum atomic E-state index is -1.81. The average molecular weight is 364 g/mol. The van der Waals surface area contributed by atoms with Crippen LogP contribution < -0.4 is 0 Å². The monoisotopic (exact) mass is 364 g/mol. The Kier molecular flexibility index (Phi) is 4.86. The highest BCUT2D eigenvalue weighted by molar-refractivity contribution is 5.21. The van der Waals surface area contributed by atoms with Crippen molar-refractivity contribution in [2.24, 2.45) is 5.92 Å². The number of hydrogen-bond donors (Lipinski definition) is 7. The van der Waals surface area contributed by atoms with Gasteiger partial charge in [0.25, 0.3) is 0 Å². The maximum absolute atomic E-state index is 10.7. The topological polar surface area (TPSA) is 169 Å². The molecule has 0 unspecified atom stereocenters. The van der Waals surface area contributed by atoms with Gasteiger partial charge in [0.15, 0.2) is 6.29 Å². The van der Waals surface area contributed by atoms with E-state index in [1.807, 2.05) is 0 Å². The van der Waals surface area contributed by atoms with Gasteiger partial charge in [0.2, 0.25) is 6.29 Å². The van der Waals surface area contributed by atoms with Crippen LogP contribution in [0.2, 0.25) is 0 Å². The fourth-order valence-corrected chi connectivity index (χ4v) is 3.84. The summed E-state index contributed by atoms with van der Waals surface area (Å²) in [6.07, 6.45) is -7.87. The van der Waals surface area contributed by atoms with Crippen molar-refractivity contribution in [3.05, 3.63) is 12.3 Å². The zero-order valence-electron chi connectivity index (χ0n) is 13.5. The number of hydrogen-bond acceptors (Lipinski definition) is 10. The first-order valence-corrected chi connectivity index (χ1v) is 8.04. The number of rotatable bonds is 3. The zero-order valence-corrected chi connectivity index (χ0v) is 13.5. The van der Waals surface area contributed by atoms with Gasteiger partial charge in [0, 0.05) is 6.42 Å². The van der Waals surface area contributed by atoms with Gasteiger partial charge in [0.05, 0.1) is 30.5 Å². The molecule has 0 spiro atoms. The molecule has 1 aliphatic carbocycles. The summed E-state index contributed by atoms with van der Waals surface area (Å²) in [5, 5.41) is 70.2. The highest BCUT2D eigenvalue weighted by Gasteiger charge is 2.64. The average Bonchev–Trinajstić information content (AvgIpc) is 2.73. The van der Waals surface area contributed by atoms with E-state index in [1.54, 1.807) is 0 Å². The molecule has 0 aromatic carbocycles. The molecule has 0 bridgehead atoms. The Bertz CT molecular complexity index is 522. The SMILES string of the molecule is C[C@]1(O)C[C@H](O)[C@]2(O)C=CO[C@@H](O[C@@H]3O[C@H](CO)[C@@H](O)[C@H](O)[C@H]3O)[C@H]21. The first-order chi connectivity index (χ1) is 11.6. The van der Waals surface area contributed by atoms with Gasteiger partial charge >= 0.3 is 0 Å². The summed E-state index contributed by atoms with van der Waals surface area (Å²) in [6.45, 7) is 0.783. The Balaban J connectivity index is 1.81. The van der Waals surface area contributed by atoms with Crippen molar-refractivity contribution in [2.45, 2.75) is 67.6 Å². The van der Waals surface area contributed by atoms with Gasteiger partial charge in [-0.15, -0.1) is 0 Å². The third-order valence-corrected chi connectivity index (χ3v) is 5.25. The molecule has 7 N–H and O–H groups in total. The first-order valence-electron chi connectivity index (χ1n) is 8.04. The quantitative estimate of drug-likeness (QED) is 0.267. The lowest BCUT2D eigenvalue weighted by molar-refractivity contribution is -0.351. The smallest absolute Gasteiger partial charge is 0.210 e. The van der Waals surface area contributed by atoms with Crippen LogP contribution >= 0.6 is 0 Å². The Morgan fingerprint density at radius 2 is 1.76 bits per heavy atom. The lowest BCUT2D eigenvalue weighted by Crippen LogP contribution is -2.61. The molecule has 0 amide bonds. The van der Waals surface area contributed by atoms with Gasteiger partial charge in [-0.3, -0.25) is 0 Å². The van der Waals surface area contributed by atoms with Crippen LogP contribution in [-0.4, -0.2) is 96.7 Å². The summed E-state index contributed by atoms with van der Waals surface area (Å²) in [5.41, 5.74) is -3.35. The second-order valence-electron chi connectivity index (χ2n) is 7.08. The van der Waals surface area contributed by atoms with E-state index in [4.69, 9.17) is 14.2 Å². The van der Waals surface area contributed by atoms with Crippen molar-refractivity contribution < 1.29 is 50.0 Å². The molecule has 144 valence electrons. The van der Waals surface area contributed by atoms with E-state index in [-0.39, 0.29) is 6.42 Å². The summed E-state index contributed by atoms with van der Waals surface area (Å²) in [5.74, 6) is -1.10. The number of aliphatic hydroxyl groups is 7. The predicted molar refractivity (Wildman–Crippen MR) is 78.6 cm³/mol. The van der Waals surface area contributed by atoms with Crippen molar-refractivity contribution in [2.75, 3.05) is 6.61 Å². The first kappa shape index (κ1) is 19.0. The van der Waals surface area contributed by atoms with Gasteiger partial charge in [-0.25, -0.2) is 0 Å². The maximum Gasteiger partial charge on any atom is 0.210 e. The molecule has 10 heteroatoms. The fourth-order valence-electron chi connectivity index (χ4n) is 3.84. The maximum atomic E-state index is 10.7. The summed E-state index contributed by atoms with van der Waals surface area (Å²) >= 11 is 0. The second-order valence-corrected chi connectivity index (χ2v) is 7.08. The predicted octanol–water partition coefficient (Wildman–Crippen LogP) is -3.46. The molecule has 2 heterocycles. The van der Waals surface area contributed by atoms with Crippen LogP contribution in [0.25, 0.3) is 0 Å². The van der Waals surface area contributed by atoms with Gasteiger partial charge in [-0.2, -0.15) is 0 Å². The Labute approximate surface area is 143 Å². The van der Waals surface area contributed by atoms with E-state index >= 15 is 0 Å². The molecule has 10 atom stereocenters. The summed E-state index contributed by atoms with van der Waals surface area (Å²) < 4.78 is 16.0. The van der Waals surface area contributed by atoms with E-state index in [2.05, 4.69) is 0 Å². The molecule has 3 aliphatic rings. The van der Waals surface area contributed by atoms with Crippen LogP contribution in [0.4, 0.5) is 0 Å². The van der Waals surface area contributed by atoms with Crippen LogP contribution in [0.5, 0.6) is 0 Å². The van der Waals surface area contributed by atoms with Crippen molar-refractivity contribution in [1.29, 1.82) is 0 Å². The van der Waals surface area contributed by atoms with Crippen molar-refractivity contribution in [3.63, 3.8) is 0 Å². The number of fused-ring (bicyclic) bond motifs is 1. The van der Waals surface area contributed by atoms with Crippen molar-refractivity contribution in [1.82, 2.24) is 0 Å². The van der Waals surface area contributed by atoms with Gasteiger partial charge in [0.1, 0.15) is 30.0 Å². The lowest BCUT2D eigenvalue weighted by Gasteiger charge is -2.45. The van der Waals surface area contributed by atoms with Crippen LogP contribution in [0.3, 0.4) is 0 Å². The molecular formula is C15H24O10. The Morgan fingerprint density at radius 1 is 1.08 bits per heavy atom. The molecule has 1 saturated heterocycles. The van der Waals surface area contributed by atoms with Gasteiger partial charge < -0.3 is 50.0 Å². The standard InChI is InChI=1S/C15H24O10/c1-14(21)4-7(17)15(22)2-3-23-13(11(14)15)25-12-10(20)9(19)8(18)6(5-16)24-12/h2-3,6-13,16-22H,4-5H2,1H3/t6-,7+,8-,9+,10-,11+,12+,13+,14+,15-/m1/s1. The molecule has 2 aliphatic heterocycles. The van der Waals surface area contributed by atoms with E-state index in [0.29, 0.717) is 0 Å². The minimum Gasteiger partial charge on any atom is -0.472 e. The van der Waals surface area contributed by atoms with Crippen LogP contribution in [-0.2, 0) is 14.2 Å². The van der Waals surface area contributed by atoms with Crippen LogP contribution in [0.15, 0.2) is 12.3 Å². The Morgan fingerprint density at radius 3 is 2.40 bits per heavy atom. The lowest BCUT2D eigenvalue weighted by atomic mass is 9.81. The molecule has 0 aromatic heterocycles. The molecule has 0 radical (unpaired) electrons. The zero-order chi connectivity index (χ0) is 18.6. The molecule has 0 aromatic rings. The molecule has 2 fully saturated rings. The van der Waals surface area contributed by atoms with Gasteiger partial charge in [-0.05, 0) is 13.0 Å². The van der Waals surface area contributed by atoms with Crippen molar-refractivity contribution >= 4 is 0 Å². The number of ether oxygens (including phenoxy) is 3. The second kappa shape index (κ2) is 6.41. The van der Waals surface area contributed by atoms with E-state index in [1.165, 1.54) is 13.0 Å². The summed E-state index contributed by atoms with van der Waals surface area (Å²) in [6, 6.07) is 0. The normalized spacial score (nSPS) is 55.7. The molecule has 25 heavy (non-hydrogen) atoms. The molecule has 10 nitrogen and oxygen atoms in total. The van der Waals surface area contributed by atoms with E-state index in [9.17, 15) is 35.7 Å². The fraction of sp³-hybridized carbons (Fsp3) is 0.867. The van der Waals surface area contributed by atoms with Crippen LogP contribution in [0.1, 0.15) is 13.3 Å². The number of aliphatic hydroxyl groups excluding tert-OH is 5. The summed E-state index contributed by atoms with van der Waals surface area (Å²) in [7, 11) is 0. The highest BCUT2D eigenvalue weighted by Crippen LogP contribution is 2.49. The Hall–Kier alpha value is -0.820. The molecular weight excluding hydrogens is 340 g/mol. The third-order valence-electron chi connectivity index (χ3n) is 5.25. The minimum absolute atomic E-state index is 0.129.